The van der Waals surface area contributed by atoms with Crippen molar-refractivity contribution in [2.45, 2.75) is 56.5 Å². The van der Waals surface area contributed by atoms with Gasteiger partial charge < -0.3 is 25.6 Å². The molecule has 2 aliphatic heterocycles. The number of unbranched alkanes of at least 4 members (excludes halogenated alkanes) is 1. The van der Waals surface area contributed by atoms with Crippen LogP contribution in [0.25, 0.3) is 0 Å². The number of anilines is 1. The molecule has 11 nitrogen and oxygen atoms in total. The third kappa shape index (κ3) is 7.45. The van der Waals surface area contributed by atoms with Crippen molar-refractivity contribution < 1.29 is 19.5 Å². The van der Waals surface area contributed by atoms with Gasteiger partial charge in [-0.2, -0.15) is 0 Å². The van der Waals surface area contributed by atoms with E-state index in [1.807, 2.05) is 35.1 Å². The minimum Gasteiger partial charge on any atom is -0.480 e. The lowest BCUT2D eigenvalue weighted by Crippen LogP contribution is -2.56. The SMILES string of the molecule is Cc1nc(SN2CC(C(=O)NC(CNC(=O)CCCCc3ccc4c(n3)NCCC4)C(=O)O)C2)cn1C. The number of nitrogens with zero attached hydrogens (tertiary/aromatic N) is 4. The summed E-state index contributed by atoms with van der Waals surface area (Å²) >= 11 is 1.48. The van der Waals surface area contributed by atoms with Gasteiger partial charge in [-0.25, -0.2) is 19.1 Å². The molecular weight excluding hydrogens is 494 g/mol. The first-order valence-corrected chi connectivity index (χ1v) is 13.5. The van der Waals surface area contributed by atoms with Crippen LogP contribution in [0.5, 0.6) is 0 Å². The molecule has 4 rings (SSSR count). The number of carboxylic acid groups (broad SMARTS) is 1. The van der Waals surface area contributed by atoms with E-state index < -0.39 is 12.0 Å². The number of aryl methyl sites for hydroxylation is 4. The van der Waals surface area contributed by atoms with Gasteiger partial charge in [-0.05, 0) is 62.6 Å². The molecule has 1 unspecified atom stereocenters. The van der Waals surface area contributed by atoms with Gasteiger partial charge in [0.1, 0.15) is 22.7 Å². The molecule has 37 heavy (non-hydrogen) atoms. The fourth-order valence-corrected chi connectivity index (χ4v) is 5.43. The maximum absolute atomic E-state index is 12.5. The van der Waals surface area contributed by atoms with Crippen LogP contribution >= 0.6 is 11.9 Å². The molecule has 1 saturated heterocycles. The lowest BCUT2D eigenvalue weighted by Gasteiger charge is -2.36. The standard InChI is InChI=1S/C25H35N7O4S/c1-16-28-22(15-31(16)2)37-32-13-18(14-32)24(34)30-20(25(35)36)12-27-21(33)8-4-3-7-19-10-9-17-6-5-11-26-23(17)29-19/h9-10,15,18,20H,3-8,11-14H2,1-2H3,(H,26,29)(H,27,33)(H,30,34)(H,35,36). The largest absolute Gasteiger partial charge is 0.480 e. The van der Waals surface area contributed by atoms with Crippen LogP contribution < -0.4 is 16.0 Å². The molecule has 2 aliphatic rings. The summed E-state index contributed by atoms with van der Waals surface area (Å²) in [5, 5.41) is 18.9. The fourth-order valence-electron chi connectivity index (χ4n) is 4.27. The number of imidazole rings is 1. The molecule has 2 aromatic rings. The second-order valence-electron chi connectivity index (χ2n) is 9.62. The molecule has 12 heteroatoms. The van der Waals surface area contributed by atoms with E-state index in [1.54, 1.807) is 0 Å². The molecule has 4 N–H and O–H groups in total. The minimum absolute atomic E-state index is 0.143. The topological polar surface area (TPSA) is 141 Å². The summed E-state index contributed by atoms with van der Waals surface area (Å²) in [6.45, 7) is 3.76. The highest BCUT2D eigenvalue weighted by Gasteiger charge is 2.35. The number of aliphatic carboxylic acids is 1. The van der Waals surface area contributed by atoms with Gasteiger partial charge in [0.25, 0.3) is 0 Å². The van der Waals surface area contributed by atoms with Crippen LogP contribution in [0.3, 0.4) is 0 Å². The molecule has 2 aromatic heterocycles. The summed E-state index contributed by atoms with van der Waals surface area (Å²) in [7, 11) is 1.93. The normalized spacial score (nSPS) is 16.3. The zero-order valence-corrected chi connectivity index (χ0v) is 22.1. The van der Waals surface area contributed by atoms with Crippen molar-refractivity contribution >= 4 is 35.5 Å². The molecule has 1 fully saturated rings. The number of carboxylic acids is 1. The van der Waals surface area contributed by atoms with Crippen molar-refractivity contribution in [1.82, 2.24) is 29.5 Å². The number of nitrogens with one attached hydrogen (secondary N) is 3. The van der Waals surface area contributed by atoms with Crippen molar-refractivity contribution in [2.24, 2.45) is 13.0 Å². The van der Waals surface area contributed by atoms with E-state index in [4.69, 9.17) is 0 Å². The van der Waals surface area contributed by atoms with Crippen molar-refractivity contribution in [3.8, 4) is 0 Å². The number of aromatic nitrogens is 3. The summed E-state index contributed by atoms with van der Waals surface area (Å²) in [6.07, 6.45) is 6.68. The fraction of sp³-hybridized carbons (Fsp3) is 0.560. The number of fused-ring (bicyclic) bond motifs is 1. The second-order valence-corrected chi connectivity index (χ2v) is 10.7. The van der Waals surface area contributed by atoms with Crippen LogP contribution in [-0.2, 0) is 34.3 Å². The predicted octanol–water partition coefficient (Wildman–Crippen LogP) is 1.52. The summed E-state index contributed by atoms with van der Waals surface area (Å²) in [4.78, 5) is 45.5. The van der Waals surface area contributed by atoms with Crippen LogP contribution in [0.2, 0.25) is 0 Å². The summed E-state index contributed by atoms with van der Waals surface area (Å²) in [6, 6.07) is 3.01. The van der Waals surface area contributed by atoms with E-state index in [0.717, 1.165) is 54.6 Å². The highest BCUT2D eigenvalue weighted by molar-refractivity contribution is 7.97. The third-order valence-corrected chi connectivity index (χ3v) is 7.62. The van der Waals surface area contributed by atoms with E-state index in [-0.39, 0.29) is 24.3 Å². The Hall–Kier alpha value is -3.12. The number of pyridine rings is 1. The lowest BCUT2D eigenvalue weighted by molar-refractivity contribution is -0.143. The number of amides is 2. The first-order chi connectivity index (χ1) is 17.8. The first kappa shape index (κ1) is 26.9. The molecule has 0 bridgehead atoms. The van der Waals surface area contributed by atoms with Gasteiger partial charge in [0.05, 0.1) is 5.92 Å². The van der Waals surface area contributed by atoms with E-state index >= 15 is 0 Å². The zero-order valence-electron chi connectivity index (χ0n) is 21.3. The molecule has 0 aliphatic carbocycles. The Bertz CT molecular complexity index is 1110. The lowest BCUT2D eigenvalue weighted by atomic mass is 10.0. The van der Waals surface area contributed by atoms with E-state index in [0.29, 0.717) is 25.9 Å². The molecule has 0 saturated carbocycles. The van der Waals surface area contributed by atoms with Gasteiger partial charge in [0, 0.05) is 51.5 Å². The first-order valence-electron chi connectivity index (χ1n) is 12.7. The van der Waals surface area contributed by atoms with Crippen molar-refractivity contribution in [1.29, 1.82) is 0 Å². The molecule has 4 heterocycles. The molecule has 1 atom stereocenters. The minimum atomic E-state index is -1.17. The van der Waals surface area contributed by atoms with Crippen LogP contribution in [0.4, 0.5) is 5.82 Å². The van der Waals surface area contributed by atoms with Crippen molar-refractivity contribution in [3.63, 3.8) is 0 Å². The highest BCUT2D eigenvalue weighted by Crippen LogP contribution is 2.29. The van der Waals surface area contributed by atoms with Gasteiger partial charge in [-0.1, -0.05) is 6.07 Å². The van der Waals surface area contributed by atoms with Gasteiger partial charge >= 0.3 is 5.97 Å². The van der Waals surface area contributed by atoms with Gasteiger partial charge in [-0.3, -0.25) is 9.59 Å². The number of rotatable bonds is 12. The third-order valence-electron chi connectivity index (χ3n) is 6.68. The van der Waals surface area contributed by atoms with Crippen LogP contribution in [0, 0.1) is 12.8 Å². The maximum Gasteiger partial charge on any atom is 0.328 e. The smallest absolute Gasteiger partial charge is 0.328 e. The van der Waals surface area contributed by atoms with E-state index in [9.17, 15) is 19.5 Å². The van der Waals surface area contributed by atoms with Gasteiger partial charge in [0.2, 0.25) is 11.8 Å². The molecule has 0 radical (unpaired) electrons. The Balaban J connectivity index is 1.12. The highest BCUT2D eigenvalue weighted by atomic mass is 32.2. The molecule has 0 aromatic carbocycles. The average molecular weight is 530 g/mol. The Morgan fingerprint density at radius 3 is 2.78 bits per heavy atom. The number of carbonyl (C=O) groups excluding carboxylic acids is 2. The Morgan fingerprint density at radius 2 is 2.05 bits per heavy atom. The molecular formula is C25H35N7O4S. The Morgan fingerprint density at radius 1 is 1.24 bits per heavy atom. The number of hydrogen-bond donors (Lipinski definition) is 4. The summed E-state index contributed by atoms with van der Waals surface area (Å²) in [5.74, 6) is -0.120. The van der Waals surface area contributed by atoms with Crippen LogP contribution in [-0.4, -0.2) is 74.0 Å². The predicted molar refractivity (Wildman–Crippen MR) is 140 cm³/mol. The second kappa shape index (κ2) is 12.4. The summed E-state index contributed by atoms with van der Waals surface area (Å²) < 4.78 is 3.95. The van der Waals surface area contributed by atoms with Crippen molar-refractivity contribution in [3.05, 3.63) is 35.4 Å². The summed E-state index contributed by atoms with van der Waals surface area (Å²) in [5.41, 5.74) is 2.26. The zero-order chi connectivity index (χ0) is 26.4. The van der Waals surface area contributed by atoms with E-state index in [1.165, 1.54) is 17.5 Å². The molecule has 0 spiro atoms. The van der Waals surface area contributed by atoms with Crippen LogP contribution in [0.1, 0.15) is 42.8 Å². The molecule has 2 amide bonds. The Kier molecular flexibility index (Phi) is 9.04. The maximum atomic E-state index is 12.5. The van der Waals surface area contributed by atoms with Gasteiger partial charge in [-0.15, -0.1) is 0 Å². The van der Waals surface area contributed by atoms with Gasteiger partial charge in [0.15, 0.2) is 0 Å². The average Bonchev–Trinajstić information content (AvgIpc) is 3.17. The monoisotopic (exact) mass is 529 g/mol. The van der Waals surface area contributed by atoms with E-state index in [2.05, 4.69) is 32.0 Å². The number of hydrogen-bond acceptors (Lipinski definition) is 8. The van der Waals surface area contributed by atoms with Crippen molar-refractivity contribution in [2.75, 3.05) is 31.5 Å². The molecule has 200 valence electrons. The van der Waals surface area contributed by atoms with Crippen LogP contribution in [0.15, 0.2) is 23.4 Å². The Labute approximate surface area is 220 Å². The number of carbonyl (C=O) groups is 3. The quantitative estimate of drug-likeness (QED) is 0.238.